The Hall–Kier alpha value is -2.67. The first kappa shape index (κ1) is 15.8. The van der Waals surface area contributed by atoms with Gasteiger partial charge in [0.1, 0.15) is 0 Å². The second kappa shape index (κ2) is 6.33. The lowest BCUT2D eigenvalue weighted by molar-refractivity contribution is 0.1000. The second-order valence-corrected chi connectivity index (χ2v) is 7.29. The molecule has 0 saturated heterocycles. The highest BCUT2D eigenvalue weighted by Crippen LogP contribution is 2.34. The van der Waals surface area contributed by atoms with Crippen molar-refractivity contribution >= 4 is 23.2 Å². The quantitative estimate of drug-likeness (QED) is 0.720. The molecule has 1 heterocycles. The number of thioether (sulfide) groups is 1. The van der Waals surface area contributed by atoms with Crippen molar-refractivity contribution in [2.24, 2.45) is 0 Å². The van der Waals surface area contributed by atoms with Crippen molar-refractivity contribution in [1.29, 1.82) is 0 Å². The Labute approximate surface area is 149 Å². The molecule has 0 N–H and O–H groups in total. The average molecular weight is 351 g/mol. The van der Waals surface area contributed by atoms with Gasteiger partial charge < -0.3 is 4.90 Å². The fourth-order valence-electron chi connectivity index (χ4n) is 2.93. The van der Waals surface area contributed by atoms with Crippen LogP contribution in [0.4, 0.5) is 5.69 Å². The number of hydrogen-bond donors (Lipinski definition) is 0. The summed E-state index contributed by atoms with van der Waals surface area (Å²) in [6.07, 6.45) is 0.714. The number of anilines is 1. The van der Waals surface area contributed by atoms with Crippen LogP contribution in [-0.2, 0) is 6.42 Å². The fraction of sp³-hybridized carbons (Fsp3) is 0.222. The lowest BCUT2D eigenvalue weighted by Gasteiger charge is -2.13. The van der Waals surface area contributed by atoms with Gasteiger partial charge in [0.15, 0.2) is 5.78 Å². The van der Waals surface area contributed by atoms with Gasteiger partial charge in [-0.2, -0.15) is 4.68 Å². The maximum atomic E-state index is 12.6. The molecule has 4 rings (SSSR count). The number of carbonyl (C=O) groups excluding carboxylic acids is 1. The highest BCUT2D eigenvalue weighted by Gasteiger charge is 2.32. The van der Waals surface area contributed by atoms with Crippen molar-refractivity contribution in [1.82, 2.24) is 20.2 Å². The monoisotopic (exact) mass is 351 g/mol. The van der Waals surface area contributed by atoms with E-state index in [1.54, 1.807) is 4.68 Å². The van der Waals surface area contributed by atoms with Crippen molar-refractivity contribution in [3.05, 3.63) is 59.7 Å². The molecule has 1 aromatic heterocycles. The summed E-state index contributed by atoms with van der Waals surface area (Å²) in [5.41, 5.74) is 3.89. The maximum Gasteiger partial charge on any atom is 0.214 e. The minimum Gasteiger partial charge on any atom is -0.378 e. The van der Waals surface area contributed by atoms with Crippen LogP contribution in [0.15, 0.2) is 53.7 Å². The Kier molecular flexibility index (Phi) is 4.01. The Bertz CT molecular complexity index is 919. The molecule has 6 nitrogen and oxygen atoms in total. The Morgan fingerprint density at radius 1 is 1.12 bits per heavy atom. The maximum absolute atomic E-state index is 12.6. The number of nitrogens with zero attached hydrogens (tertiary/aromatic N) is 5. The molecule has 1 aliphatic rings. The van der Waals surface area contributed by atoms with Gasteiger partial charge >= 0.3 is 0 Å². The Morgan fingerprint density at radius 2 is 1.88 bits per heavy atom. The third-order valence-electron chi connectivity index (χ3n) is 4.28. The molecule has 0 amide bonds. The highest BCUT2D eigenvalue weighted by atomic mass is 32.2. The number of carbonyl (C=O) groups is 1. The summed E-state index contributed by atoms with van der Waals surface area (Å²) >= 11 is 1.42. The van der Waals surface area contributed by atoms with E-state index < -0.39 is 0 Å². The number of fused-ring (bicyclic) bond motifs is 1. The van der Waals surface area contributed by atoms with E-state index in [4.69, 9.17) is 0 Å². The minimum absolute atomic E-state index is 0.151. The highest BCUT2D eigenvalue weighted by molar-refractivity contribution is 8.00. The van der Waals surface area contributed by atoms with E-state index in [0.29, 0.717) is 11.6 Å². The minimum atomic E-state index is -0.178. The third kappa shape index (κ3) is 2.91. The first-order valence-electron chi connectivity index (χ1n) is 7.98. The van der Waals surface area contributed by atoms with Gasteiger partial charge in [0.05, 0.1) is 10.9 Å². The molecule has 0 saturated carbocycles. The lowest BCUT2D eigenvalue weighted by Crippen LogP contribution is -2.13. The van der Waals surface area contributed by atoms with Crippen LogP contribution in [0, 0.1) is 0 Å². The predicted octanol–water partition coefficient (Wildman–Crippen LogP) is 2.63. The van der Waals surface area contributed by atoms with Crippen LogP contribution in [0.1, 0.15) is 15.9 Å². The SMILES string of the molecule is CN(C)c1ccc(-n2nnnc2S[C@H]2Cc3ccccc3C2=O)cc1. The number of aromatic nitrogens is 4. The summed E-state index contributed by atoms with van der Waals surface area (Å²) in [6, 6.07) is 15.7. The summed E-state index contributed by atoms with van der Waals surface area (Å²) in [5, 5.41) is 12.4. The zero-order valence-electron chi connectivity index (χ0n) is 14.0. The van der Waals surface area contributed by atoms with Gasteiger partial charge in [-0.25, -0.2) is 0 Å². The molecule has 126 valence electrons. The molecule has 2 aromatic carbocycles. The number of hydrogen-bond acceptors (Lipinski definition) is 6. The first-order valence-corrected chi connectivity index (χ1v) is 8.86. The number of ketones is 1. The van der Waals surface area contributed by atoms with Gasteiger partial charge in [0.25, 0.3) is 0 Å². The van der Waals surface area contributed by atoms with Crippen molar-refractivity contribution in [2.45, 2.75) is 16.8 Å². The van der Waals surface area contributed by atoms with Crippen LogP contribution in [0.25, 0.3) is 5.69 Å². The number of tetrazole rings is 1. The summed E-state index contributed by atoms with van der Waals surface area (Å²) in [6.45, 7) is 0. The number of Topliss-reactive ketones (excluding diaryl/α,β-unsaturated/α-hetero) is 1. The standard InChI is InChI=1S/C18H17N5OS/c1-22(2)13-7-9-14(10-8-13)23-18(19-20-21-23)25-16-11-12-5-3-4-6-15(12)17(16)24/h3-10,16H,11H2,1-2H3/t16-/m0/s1. The van der Waals surface area contributed by atoms with Gasteiger partial charge in [-0.05, 0) is 46.7 Å². The molecule has 7 heteroatoms. The summed E-state index contributed by atoms with van der Waals surface area (Å²) < 4.78 is 1.68. The van der Waals surface area contributed by atoms with E-state index >= 15 is 0 Å². The van der Waals surface area contributed by atoms with Crippen molar-refractivity contribution in [3.8, 4) is 5.69 Å². The van der Waals surface area contributed by atoms with Gasteiger partial charge in [0, 0.05) is 25.3 Å². The van der Waals surface area contributed by atoms with E-state index in [-0.39, 0.29) is 11.0 Å². The topological polar surface area (TPSA) is 63.9 Å². The van der Waals surface area contributed by atoms with Crippen molar-refractivity contribution in [2.75, 3.05) is 19.0 Å². The molecular formula is C18H17N5OS. The number of rotatable bonds is 4. The molecule has 0 spiro atoms. The third-order valence-corrected chi connectivity index (χ3v) is 5.41. The van der Waals surface area contributed by atoms with Crippen LogP contribution in [0.2, 0.25) is 0 Å². The predicted molar refractivity (Wildman–Crippen MR) is 97.6 cm³/mol. The normalized spacial score (nSPS) is 16.1. The zero-order chi connectivity index (χ0) is 17.4. The molecule has 0 radical (unpaired) electrons. The average Bonchev–Trinajstić information content (AvgIpc) is 3.21. The van der Waals surface area contributed by atoms with Crippen molar-refractivity contribution < 1.29 is 4.79 Å². The number of benzene rings is 2. The smallest absolute Gasteiger partial charge is 0.214 e. The second-order valence-electron chi connectivity index (χ2n) is 6.12. The zero-order valence-corrected chi connectivity index (χ0v) is 14.8. The lowest BCUT2D eigenvalue weighted by atomic mass is 10.1. The molecule has 0 unspecified atom stereocenters. The van der Waals surface area contributed by atoms with Crippen LogP contribution >= 0.6 is 11.8 Å². The molecule has 25 heavy (non-hydrogen) atoms. The first-order chi connectivity index (χ1) is 12.1. The van der Waals surface area contributed by atoms with E-state index in [1.165, 1.54) is 11.8 Å². The Balaban J connectivity index is 1.58. The van der Waals surface area contributed by atoms with E-state index in [1.807, 2.05) is 67.5 Å². The van der Waals surface area contributed by atoms with E-state index in [9.17, 15) is 4.79 Å². The van der Waals surface area contributed by atoms with Crippen LogP contribution in [0.5, 0.6) is 0 Å². The molecule has 0 bridgehead atoms. The summed E-state index contributed by atoms with van der Waals surface area (Å²) in [7, 11) is 3.99. The van der Waals surface area contributed by atoms with Gasteiger partial charge in [-0.1, -0.05) is 36.0 Å². The Morgan fingerprint density at radius 3 is 2.60 bits per heavy atom. The van der Waals surface area contributed by atoms with Crippen LogP contribution in [0.3, 0.4) is 0 Å². The fourth-order valence-corrected chi connectivity index (χ4v) is 4.01. The molecular weight excluding hydrogens is 334 g/mol. The van der Waals surface area contributed by atoms with Gasteiger partial charge in [0.2, 0.25) is 5.16 Å². The summed E-state index contributed by atoms with van der Waals surface area (Å²) in [5.74, 6) is 0.151. The molecule has 0 aliphatic heterocycles. The molecule has 3 aromatic rings. The van der Waals surface area contributed by atoms with E-state index in [0.717, 1.165) is 22.5 Å². The largest absolute Gasteiger partial charge is 0.378 e. The van der Waals surface area contributed by atoms with Gasteiger partial charge in [-0.15, -0.1) is 5.10 Å². The van der Waals surface area contributed by atoms with Crippen molar-refractivity contribution in [3.63, 3.8) is 0 Å². The molecule has 0 fully saturated rings. The van der Waals surface area contributed by atoms with Crippen LogP contribution < -0.4 is 4.90 Å². The summed E-state index contributed by atoms with van der Waals surface area (Å²) in [4.78, 5) is 14.6. The molecule has 1 aliphatic carbocycles. The van der Waals surface area contributed by atoms with E-state index in [2.05, 4.69) is 15.5 Å². The van der Waals surface area contributed by atoms with Crippen LogP contribution in [-0.4, -0.2) is 45.3 Å². The van der Waals surface area contributed by atoms with Gasteiger partial charge in [-0.3, -0.25) is 4.79 Å². The molecule has 1 atom stereocenters.